The van der Waals surface area contributed by atoms with Gasteiger partial charge in [0, 0.05) is 19.1 Å². The average Bonchev–Trinajstić information content (AvgIpc) is 3.29. The molecule has 1 aliphatic heterocycles. The monoisotopic (exact) mass is 593 g/mol. The highest BCUT2D eigenvalue weighted by Crippen LogP contribution is 2.51. The second kappa shape index (κ2) is 13.2. The van der Waals surface area contributed by atoms with Gasteiger partial charge in [-0.05, 0) is 73.5 Å². The van der Waals surface area contributed by atoms with Crippen molar-refractivity contribution in [1.29, 1.82) is 0 Å². The van der Waals surface area contributed by atoms with Crippen molar-refractivity contribution in [2.45, 2.75) is 56.7 Å². The molecule has 2 aliphatic rings. The molecule has 0 unspecified atom stereocenters. The van der Waals surface area contributed by atoms with E-state index in [1.54, 1.807) is 12.1 Å². The Bertz CT molecular complexity index is 1390. The number of alkyl halides is 3. The van der Waals surface area contributed by atoms with Crippen LogP contribution in [-0.2, 0) is 10.2 Å². The second-order valence-corrected chi connectivity index (χ2v) is 11.3. The molecule has 3 aromatic carbocycles. The van der Waals surface area contributed by atoms with Crippen molar-refractivity contribution in [2.75, 3.05) is 32.8 Å². The molecule has 0 aromatic heterocycles. The van der Waals surface area contributed by atoms with E-state index in [1.165, 1.54) is 0 Å². The lowest BCUT2D eigenvalue weighted by Gasteiger charge is -2.33. The van der Waals surface area contributed by atoms with E-state index in [4.69, 9.17) is 4.74 Å². The maximum Gasteiger partial charge on any atom is 0.405 e. The van der Waals surface area contributed by atoms with Crippen LogP contribution in [-0.4, -0.2) is 61.7 Å². The summed E-state index contributed by atoms with van der Waals surface area (Å²) in [4.78, 5) is 28.9. The van der Waals surface area contributed by atoms with Crippen molar-refractivity contribution in [3.05, 3.63) is 89.5 Å². The molecule has 3 aromatic rings. The number of unbranched alkanes of at least 4 members (excludes halogenated alkanes) is 1. The van der Waals surface area contributed by atoms with Gasteiger partial charge in [-0.25, -0.2) is 0 Å². The van der Waals surface area contributed by atoms with E-state index < -0.39 is 24.0 Å². The van der Waals surface area contributed by atoms with Crippen LogP contribution in [0.15, 0.2) is 72.8 Å². The molecule has 0 bridgehead atoms. The van der Waals surface area contributed by atoms with Crippen molar-refractivity contribution < 1.29 is 27.5 Å². The summed E-state index contributed by atoms with van der Waals surface area (Å²) in [5.41, 5.74) is 2.68. The minimum absolute atomic E-state index is 0.0746. The van der Waals surface area contributed by atoms with E-state index in [2.05, 4.69) is 15.5 Å². The van der Waals surface area contributed by atoms with Gasteiger partial charge in [0.1, 0.15) is 17.7 Å². The number of hydrogen-bond acceptors (Lipinski definition) is 4. The molecule has 6 nitrogen and oxygen atoms in total. The van der Waals surface area contributed by atoms with Gasteiger partial charge in [-0.1, -0.05) is 67.1 Å². The molecule has 1 fully saturated rings. The number of para-hydroxylation sites is 1. The first-order valence-electron chi connectivity index (χ1n) is 15.0. The van der Waals surface area contributed by atoms with Gasteiger partial charge in [0.15, 0.2) is 0 Å². The van der Waals surface area contributed by atoms with E-state index in [0.717, 1.165) is 61.2 Å². The third-order valence-corrected chi connectivity index (χ3v) is 8.53. The molecular formula is C34H38F3N3O3. The molecule has 1 aliphatic carbocycles. The summed E-state index contributed by atoms with van der Waals surface area (Å²) >= 11 is 0. The van der Waals surface area contributed by atoms with Gasteiger partial charge in [0.2, 0.25) is 5.91 Å². The van der Waals surface area contributed by atoms with Crippen molar-refractivity contribution in [3.8, 4) is 16.9 Å². The third-order valence-electron chi connectivity index (χ3n) is 8.53. The third kappa shape index (κ3) is 6.72. The van der Waals surface area contributed by atoms with Crippen LogP contribution < -0.4 is 15.4 Å². The lowest BCUT2D eigenvalue weighted by Crippen LogP contribution is -2.47. The van der Waals surface area contributed by atoms with Crippen LogP contribution in [0.2, 0.25) is 0 Å². The quantitative estimate of drug-likeness (QED) is 0.264. The smallest absolute Gasteiger partial charge is 0.405 e. The zero-order valence-electron chi connectivity index (χ0n) is 24.4. The predicted octanol–water partition coefficient (Wildman–Crippen LogP) is 6.10. The summed E-state index contributed by atoms with van der Waals surface area (Å²) in [7, 11) is 0. The number of carbonyl (C=O) groups is 2. The molecule has 0 saturated carbocycles. The number of nitrogens with zero attached hydrogens (tertiary/aromatic N) is 1. The minimum atomic E-state index is -4.49. The highest BCUT2D eigenvalue weighted by atomic mass is 19.4. The molecule has 0 atom stereocenters. The normalized spacial score (nSPS) is 16.3. The van der Waals surface area contributed by atoms with Gasteiger partial charge in [-0.15, -0.1) is 0 Å². The Morgan fingerprint density at radius 3 is 2.14 bits per heavy atom. The highest BCUT2D eigenvalue weighted by Gasteiger charge is 2.49. The van der Waals surface area contributed by atoms with E-state index in [1.807, 2.05) is 67.6 Å². The predicted molar refractivity (Wildman–Crippen MR) is 160 cm³/mol. The van der Waals surface area contributed by atoms with Crippen LogP contribution in [0, 0.1) is 0 Å². The van der Waals surface area contributed by atoms with Crippen molar-refractivity contribution in [2.24, 2.45) is 0 Å². The maximum atomic E-state index is 13.7. The van der Waals surface area contributed by atoms with Crippen LogP contribution in [0.5, 0.6) is 5.75 Å². The number of amides is 2. The molecule has 5 rings (SSSR count). The fourth-order valence-corrected chi connectivity index (χ4v) is 6.51. The van der Waals surface area contributed by atoms with E-state index in [-0.39, 0.29) is 11.9 Å². The molecule has 9 heteroatoms. The lowest BCUT2D eigenvalue weighted by atomic mass is 9.73. The molecular weight excluding hydrogens is 555 g/mol. The van der Waals surface area contributed by atoms with Crippen molar-refractivity contribution in [3.63, 3.8) is 0 Å². The summed E-state index contributed by atoms with van der Waals surface area (Å²) in [6.07, 6.45) is -0.951. The summed E-state index contributed by atoms with van der Waals surface area (Å²) in [5, 5.41) is 5.35. The Hall–Kier alpha value is -3.85. The van der Waals surface area contributed by atoms with Gasteiger partial charge in [0.25, 0.3) is 5.91 Å². The topological polar surface area (TPSA) is 70.7 Å². The van der Waals surface area contributed by atoms with E-state index in [9.17, 15) is 22.8 Å². The Morgan fingerprint density at radius 2 is 1.51 bits per heavy atom. The average molecular weight is 594 g/mol. The van der Waals surface area contributed by atoms with Crippen LogP contribution in [0.1, 0.15) is 60.5 Å². The van der Waals surface area contributed by atoms with Gasteiger partial charge in [-0.2, -0.15) is 13.2 Å². The summed E-state index contributed by atoms with van der Waals surface area (Å²) in [6.45, 7) is 3.50. The first-order chi connectivity index (χ1) is 20.7. The molecule has 2 amide bonds. The largest absolute Gasteiger partial charge is 0.493 e. The Kier molecular flexibility index (Phi) is 9.40. The van der Waals surface area contributed by atoms with Gasteiger partial charge < -0.3 is 20.3 Å². The van der Waals surface area contributed by atoms with Crippen molar-refractivity contribution in [1.82, 2.24) is 15.5 Å². The number of ether oxygens (including phenoxy) is 1. The minimum Gasteiger partial charge on any atom is -0.493 e. The zero-order chi connectivity index (χ0) is 30.5. The number of nitrogens with one attached hydrogen (secondary N) is 2. The summed E-state index contributed by atoms with van der Waals surface area (Å²) in [6, 6.07) is 22.4. The molecule has 228 valence electrons. The fourth-order valence-electron chi connectivity index (χ4n) is 6.51. The summed E-state index contributed by atoms with van der Waals surface area (Å²) in [5.74, 6) is -0.157. The fraction of sp³-hybridized carbons (Fsp3) is 0.412. The number of benzene rings is 3. The zero-order valence-corrected chi connectivity index (χ0v) is 24.4. The van der Waals surface area contributed by atoms with Crippen molar-refractivity contribution >= 4 is 11.8 Å². The lowest BCUT2D eigenvalue weighted by molar-refractivity contribution is -0.141. The van der Waals surface area contributed by atoms with E-state index >= 15 is 0 Å². The molecule has 1 heterocycles. The Labute approximate surface area is 250 Å². The Balaban J connectivity index is 1.19. The Morgan fingerprint density at radius 1 is 0.907 bits per heavy atom. The molecule has 43 heavy (non-hydrogen) atoms. The first-order valence-corrected chi connectivity index (χ1v) is 15.0. The first kappa shape index (κ1) is 30.6. The highest BCUT2D eigenvalue weighted by molar-refractivity contribution is 6.00. The number of halogens is 3. The second-order valence-electron chi connectivity index (χ2n) is 11.3. The molecule has 1 saturated heterocycles. The molecule has 2 N–H and O–H groups in total. The SMILES string of the molecule is CCOc1ccccc1C(=O)NC1CCN(CCCCC2(C(=O)NCC(F)(F)F)c3ccccc3-c3ccccc32)CC1. The van der Waals surface area contributed by atoms with Crippen LogP contribution in [0.25, 0.3) is 11.1 Å². The van der Waals surface area contributed by atoms with Gasteiger partial charge in [0.05, 0.1) is 12.2 Å². The van der Waals surface area contributed by atoms with E-state index in [0.29, 0.717) is 30.8 Å². The van der Waals surface area contributed by atoms with Gasteiger partial charge in [-0.3, -0.25) is 9.59 Å². The molecule has 0 radical (unpaired) electrons. The standard InChI is InChI=1S/C34H38F3N3O3/c1-2-43-30-16-8-5-13-27(30)31(41)39-24-17-21-40(22-18-24)20-10-9-19-33(32(42)38-23-34(35,36)37)28-14-6-3-11-25(28)26-12-4-7-15-29(26)33/h3-8,11-16,24H,2,9-10,17-23H2,1H3,(H,38,42)(H,39,41). The number of fused-ring (bicyclic) bond motifs is 3. The van der Waals surface area contributed by atoms with Gasteiger partial charge >= 0.3 is 6.18 Å². The number of hydrogen-bond donors (Lipinski definition) is 2. The number of piperidine rings is 1. The number of rotatable bonds is 11. The molecule has 0 spiro atoms. The van der Waals surface area contributed by atoms with Crippen LogP contribution >= 0.6 is 0 Å². The summed E-state index contributed by atoms with van der Waals surface area (Å²) < 4.78 is 44.9. The maximum absolute atomic E-state index is 13.7. The number of likely N-dealkylation sites (tertiary alicyclic amines) is 1. The van der Waals surface area contributed by atoms with Crippen LogP contribution in [0.3, 0.4) is 0 Å². The number of carbonyl (C=O) groups excluding carboxylic acids is 2. The van der Waals surface area contributed by atoms with Crippen LogP contribution in [0.4, 0.5) is 13.2 Å².